The molecule has 0 heteroatoms. The van der Waals surface area contributed by atoms with E-state index in [-0.39, 0.29) is 52.9 Å². The van der Waals surface area contributed by atoms with Gasteiger partial charge in [0.25, 0.3) is 0 Å². The zero-order valence-corrected chi connectivity index (χ0v) is 11.2. The van der Waals surface area contributed by atoms with Crippen LogP contribution in [0.15, 0.2) is 72.6 Å². The number of rotatable bonds is 2. The molecule has 0 amide bonds. The van der Waals surface area contributed by atoms with E-state index in [1.165, 1.54) is 0 Å². The molecule has 0 aliphatic heterocycles. The van der Waals surface area contributed by atoms with E-state index in [9.17, 15) is 0 Å². The van der Waals surface area contributed by atoms with Crippen LogP contribution < -0.4 is 0 Å². The molecule has 0 aromatic heterocycles. The van der Waals surface area contributed by atoms with Gasteiger partial charge in [-0.05, 0) is 41.7 Å². The highest BCUT2D eigenvalue weighted by Crippen LogP contribution is 2.31. The second kappa shape index (κ2) is 5.34. The molecule has 0 saturated heterocycles. The molecule has 3 aromatic rings. The first-order valence-corrected chi connectivity index (χ1v) is 6.24. The van der Waals surface area contributed by atoms with Gasteiger partial charge in [-0.3, -0.25) is 0 Å². The summed E-state index contributed by atoms with van der Waals surface area (Å²) in [5, 5.41) is 0. The molecule has 0 nitrogen and oxygen atoms in total. The Morgan fingerprint density at radius 1 is 0.750 bits per heavy atom. The van der Waals surface area contributed by atoms with Crippen molar-refractivity contribution in [3.8, 4) is 22.3 Å². The Labute approximate surface area is 133 Å². The zero-order valence-electron chi connectivity index (χ0n) is 20.2. The third-order valence-electron chi connectivity index (χ3n) is 3.12. The van der Waals surface area contributed by atoms with Crippen molar-refractivity contribution in [1.82, 2.24) is 0 Å². The lowest BCUT2D eigenvalue weighted by atomic mass is 9.92. The molecule has 0 saturated carbocycles. The van der Waals surface area contributed by atoms with Gasteiger partial charge in [-0.25, -0.2) is 0 Å². The Morgan fingerprint density at radius 2 is 1.40 bits per heavy atom. The number of hydrogen-bond donors (Lipinski definition) is 0. The van der Waals surface area contributed by atoms with Gasteiger partial charge < -0.3 is 0 Å². The fourth-order valence-corrected chi connectivity index (χ4v) is 2.13. The van der Waals surface area contributed by atoms with Crippen LogP contribution in [0.1, 0.15) is 23.5 Å². The van der Waals surface area contributed by atoms with E-state index in [1.807, 2.05) is 0 Å². The van der Waals surface area contributed by atoms with Crippen LogP contribution in [0, 0.1) is 13.8 Å². The fourth-order valence-electron chi connectivity index (χ4n) is 2.13. The highest BCUT2D eigenvalue weighted by Gasteiger charge is 2.07. The van der Waals surface area contributed by atoms with Gasteiger partial charge in [0.15, 0.2) is 0 Å². The molecule has 0 bridgehead atoms. The van der Waals surface area contributed by atoms with Gasteiger partial charge in [-0.1, -0.05) is 78.1 Å². The zero-order chi connectivity index (χ0) is 21.8. The first-order valence-electron chi connectivity index (χ1n) is 10.7. The molecule has 3 aromatic carbocycles. The topological polar surface area (TPSA) is 0 Å². The predicted molar refractivity (Wildman–Crippen MR) is 86.8 cm³/mol. The van der Waals surface area contributed by atoms with Crippen LogP contribution in [0.5, 0.6) is 0 Å². The molecule has 0 heterocycles. The number of hydrogen-bond acceptors (Lipinski definition) is 0. The summed E-state index contributed by atoms with van der Waals surface area (Å²) in [7, 11) is 0. The smallest absolute Gasteiger partial charge is 0.0622 e. The van der Waals surface area contributed by atoms with Gasteiger partial charge in [0, 0.05) is 0 Å². The SMILES string of the molecule is [2H]c1c([2H])c([2H])c(-c2cccc(-c3c([2H])c([2H])c([2H])c(C)c3[2H])c2C)c([2H])c1[2H]. The van der Waals surface area contributed by atoms with Crippen molar-refractivity contribution >= 4 is 0 Å². The lowest BCUT2D eigenvalue weighted by Crippen LogP contribution is -1.88. The van der Waals surface area contributed by atoms with Crippen LogP contribution in [0.3, 0.4) is 0 Å². The second-order valence-electron chi connectivity index (χ2n) is 4.48. The Kier molecular flexibility index (Phi) is 1.59. The average Bonchev–Trinajstić information content (AvgIpc) is 2.70. The molecule has 0 aliphatic rings. The van der Waals surface area contributed by atoms with Crippen LogP contribution in [0.25, 0.3) is 22.3 Å². The summed E-state index contributed by atoms with van der Waals surface area (Å²) in [5.74, 6) is 0. The third kappa shape index (κ3) is 2.37. The molecule has 0 spiro atoms. The van der Waals surface area contributed by atoms with E-state index in [2.05, 4.69) is 0 Å². The molecule has 0 N–H and O–H groups in total. The summed E-state index contributed by atoms with van der Waals surface area (Å²) in [6.45, 7) is 3.25. The van der Waals surface area contributed by atoms with Crippen molar-refractivity contribution < 1.29 is 12.3 Å². The minimum atomic E-state index is -0.472. The van der Waals surface area contributed by atoms with Crippen LogP contribution in [-0.4, -0.2) is 0 Å². The van der Waals surface area contributed by atoms with Crippen molar-refractivity contribution in [2.75, 3.05) is 0 Å². The van der Waals surface area contributed by atoms with Crippen molar-refractivity contribution in [2.45, 2.75) is 13.8 Å². The lowest BCUT2D eigenvalue weighted by Gasteiger charge is -2.12. The normalized spacial score (nSPS) is 16.8. The van der Waals surface area contributed by atoms with Crippen LogP contribution in [0.4, 0.5) is 0 Å². The summed E-state index contributed by atoms with van der Waals surface area (Å²) < 4.78 is 72.6. The Hall–Kier alpha value is -2.34. The van der Waals surface area contributed by atoms with Gasteiger partial charge >= 0.3 is 0 Å². The molecule has 0 unspecified atom stereocenters. The maximum Gasteiger partial charge on any atom is 0.0632 e. The highest BCUT2D eigenvalue weighted by atomic mass is 14.1. The van der Waals surface area contributed by atoms with Gasteiger partial charge in [0.05, 0.1) is 12.3 Å². The largest absolute Gasteiger partial charge is 0.0632 e. The number of benzene rings is 3. The summed E-state index contributed by atoms with van der Waals surface area (Å²) in [6, 6.07) is 2.22. The molecule has 20 heavy (non-hydrogen) atoms. The third-order valence-corrected chi connectivity index (χ3v) is 3.12. The summed E-state index contributed by atoms with van der Waals surface area (Å²) in [4.78, 5) is 0. The lowest BCUT2D eigenvalue weighted by molar-refractivity contribution is 1.42. The molecular weight excluding hydrogens is 240 g/mol. The minimum absolute atomic E-state index is 0.0303. The summed E-state index contributed by atoms with van der Waals surface area (Å²) in [5.41, 5.74) is 1.92. The van der Waals surface area contributed by atoms with Gasteiger partial charge in [0.2, 0.25) is 0 Å². The van der Waals surface area contributed by atoms with E-state index in [1.54, 1.807) is 32.0 Å². The van der Waals surface area contributed by atoms with Crippen LogP contribution in [-0.2, 0) is 0 Å². The van der Waals surface area contributed by atoms with E-state index in [0.717, 1.165) is 0 Å². The van der Waals surface area contributed by atoms with E-state index >= 15 is 0 Å². The quantitative estimate of drug-likeness (QED) is 0.564. The van der Waals surface area contributed by atoms with Crippen molar-refractivity contribution in [3.05, 3.63) is 83.7 Å². The monoisotopic (exact) mass is 267 g/mol. The summed E-state index contributed by atoms with van der Waals surface area (Å²) in [6.07, 6.45) is 0. The van der Waals surface area contributed by atoms with Crippen molar-refractivity contribution in [1.29, 1.82) is 0 Å². The fraction of sp³-hybridized carbons (Fsp3) is 0.100. The molecule has 0 radical (unpaired) electrons. The molecule has 0 aliphatic carbocycles. The average molecular weight is 267 g/mol. The Morgan fingerprint density at radius 3 is 2.15 bits per heavy atom. The van der Waals surface area contributed by atoms with E-state index < -0.39 is 18.1 Å². The van der Waals surface area contributed by atoms with Crippen LogP contribution in [0.2, 0.25) is 0 Å². The maximum atomic E-state index is 8.38. The molecule has 98 valence electrons. The van der Waals surface area contributed by atoms with Crippen LogP contribution >= 0.6 is 0 Å². The second-order valence-corrected chi connectivity index (χ2v) is 4.48. The first-order chi connectivity index (χ1) is 13.5. The minimum Gasteiger partial charge on any atom is -0.0622 e. The van der Waals surface area contributed by atoms with Crippen molar-refractivity contribution in [3.63, 3.8) is 0 Å². The highest BCUT2D eigenvalue weighted by molar-refractivity contribution is 5.78. The van der Waals surface area contributed by atoms with Gasteiger partial charge in [-0.2, -0.15) is 0 Å². The Bertz CT molecular complexity index is 1020. The summed E-state index contributed by atoms with van der Waals surface area (Å²) >= 11 is 0. The van der Waals surface area contributed by atoms with Gasteiger partial charge in [-0.15, -0.1) is 0 Å². The van der Waals surface area contributed by atoms with Crippen molar-refractivity contribution in [2.24, 2.45) is 0 Å². The molecule has 0 fully saturated rings. The molecule has 3 rings (SSSR count). The van der Waals surface area contributed by atoms with E-state index in [4.69, 9.17) is 12.3 Å². The molecule has 0 atom stereocenters. The first kappa shape index (κ1) is 5.97. The maximum absolute atomic E-state index is 8.38. The van der Waals surface area contributed by atoms with Gasteiger partial charge in [0.1, 0.15) is 0 Å². The Balaban J connectivity index is 2.40. The predicted octanol–water partition coefficient (Wildman–Crippen LogP) is 5.64. The standard InChI is InChI=1S/C20H18/c1-15-8-6-11-18(14-15)20-13-7-12-19(16(20)2)17-9-4-3-5-10-17/h3-14H,1-2H3/i3D,4D,5D,6D,8D,9D,10D,11D,14D. The van der Waals surface area contributed by atoms with E-state index in [0.29, 0.717) is 16.7 Å². The molecular formula is C20H18.